The molecule has 1 aliphatic rings. The molecule has 0 heterocycles. The van der Waals surface area contributed by atoms with Gasteiger partial charge < -0.3 is 9.84 Å². The molecule has 1 N–H and O–H groups in total. The molecule has 0 aromatic heterocycles. The maximum atomic E-state index is 12.0. The summed E-state index contributed by atoms with van der Waals surface area (Å²) < 4.78 is 5.95. The minimum atomic E-state index is -0.457. The van der Waals surface area contributed by atoms with Gasteiger partial charge in [-0.1, -0.05) is 30.3 Å². The normalized spacial score (nSPS) is 12.3. The van der Waals surface area contributed by atoms with Gasteiger partial charge in [-0.05, 0) is 36.2 Å². The molecule has 1 aliphatic carbocycles. The molecule has 4 rings (SSSR count). The summed E-state index contributed by atoms with van der Waals surface area (Å²) in [5.41, 5.74) is 1.91. The van der Waals surface area contributed by atoms with Crippen LogP contribution in [0.4, 0.5) is 0 Å². The number of hydrogen-bond donors (Lipinski definition) is 1. The summed E-state index contributed by atoms with van der Waals surface area (Å²) in [7, 11) is 1.25. The van der Waals surface area contributed by atoms with E-state index in [0.29, 0.717) is 34.4 Å². The van der Waals surface area contributed by atoms with Crippen LogP contribution in [-0.4, -0.2) is 23.3 Å². The first-order chi connectivity index (χ1) is 13.1. The molecule has 3 aromatic carbocycles. The Morgan fingerprint density at radius 3 is 2.15 bits per heavy atom. The summed E-state index contributed by atoms with van der Waals surface area (Å²) in [5, 5.41) is 10.4. The number of rotatable bonds is 4. The minimum absolute atomic E-state index is 0.108. The SMILES string of the molecule is O=C1C(=O)c2ccc(Oc3ccc(CCO)cc3)c3cccc1c23.[Br][Ni][Br]. The molecule has 142 valence electrons. The molecule has 0 fully saturated rings. The summed E-state index contributed by atoms with van der Waals surface area (Å²) in [6, 6.07) is 16.1. The number of hydrogen-bond acceptors (Lipinski definition) is 4. The third-order valence-electron chi connectivity index (χ3n) is 4.25. The third kappa shape index (κ3) is 4.17. The number of ether oxygens (including phenoxy) is 1. The number of halogens is 2. The van der Waals surface area contributed by atoms with Crippen molar-refractivity contribution in [1.29, 1.82) is 0 Å². The predicted molar refractivity (Wildman–Crippen MR) is 108 cm³/mol. The summed E-state index contributed by atoms with van der Waals surface area (Å²) in [6.45, 7) is 0.108. The van der Waals surface area contributed by atoms with Crippen LogP contribution >= 0.6 is 28.5 Å². The first kappa shape index (κ1) is 20.2. The van der Waals surface area contributed by atoms with E-state index in [4.69, 9.17) is 9.84 Å². The van der Waals surface area contributed by atoms with Crippen LogP contribution in [0.1, 0.15) is 26.3 Å². The zero-order valence-corrected chi connectivity index (χ0v) is 18.0. The number of aliphatic hydroxyl groups is 1. The molecular weight excluding hydrogens is 523 g/mol. The molecule has 0 atom stereocenters. The van der Waals surface area contributed by atoms with Crippen LogP contribution in [0.2, 0.25) is 0 Å². The average Bonchev–Trinajstić information content (AvgIpc) is 2.93. The van der Waals surface area contributed by atoms with Gasteiger partial charge in [-0.2, -0.15) is 0 Å². The van der Waals surface area contributed by atoms with Crippen molar-refractivity contribution in [2.75, 3.05) is 6.61 Å². The Morgan fingerprint density at radius 1 is 0.889 bits per heavy atom. The Bertz CT molecular complexity index is 983. The van der Waals surface area contributed by atoms with E-state index >= 15 is 0 Å². The standard InChI is InChI=1S/C20H14O4.2BrH.Ni/c21-11-10-12-4-6-13(7-5-12)24-17-9-8-16-18-14(17)2-1-3-15(18)19(22)20(16)23;;;/h1-9,21H,10-11H2;2*1H;/q;;;+2/p-2. The second kappa shape index (κ2) is 9.11. The molecule has 4 nitrogen and oxygen atoms in total. The van der Waals surface area contributed by atoms with Crippen molar-refractivity contribution in [3.63, 3.8) is 0 Å². The first-order valence-corrected chi connectivity index (χ1v) is 12.8. The van der Waals surface area contributed by atoms with Crippen molar-refractivity contribution >= 4 is 50.8 Å². The van der Waals surface area contributed by atoms with E-state index in [-0.39, 0.29) is 6.61 Å². The van der Waals surface area contributed by atoms with Crippen molar-refractivity contribution in [2.45, 2.75) is 6.42 Å². The Hall–Kier alpha value is -1.53. The predicted octanol–water partition coefficient (Wildman–Crippen LogP) is 5.23. The molecule has 0 saturated heterocycles. The van der Waals surface area contributed by atoms with Gasteiger partial charge in [-0.3, -0.25) is 9.59 Å². The van der Waals surface area contributed by atoms with Crippen LogP contribution in [-0.2, 0) is 17.3 Å². The van der Waals surface area contributed by atoms with Crippen molar-refractivity contribution in [3.8, 4) is 11.5 Å². The molecule has 0 saturated carbocycles. The Kier molecular flexibility index (Phi) is 6.82. The Labute approximate surface area is 176 Å². The zero-order valence-electron chi connectivity index (χ0n) is 13.9. The average molecular weight is 537 g/mol. The van der Waals surface area contributed by atoms with E-state index in [1.165, 1.54) is 10.9 Å². The van der Waals surface area contributed by atoms with Gasteiger partial charge in [-0.15, -0.1) is 0 Å². The molecule has 0 spiro atoms. The molecule has 7 heteroatoms. The van der Waals surface area contributed by atoms with Gasteiger partial charge in [-0.25, -0.2) is 0 Å². The summed E-state index contributed by atoms with van der Waals surface area (Å²) in [5.74, 6) is 0.350. The van der Waals surface area contributed by atoms with Gasteiger partial charge in [0, 0.05) is 28.5 Å². The van der Waals surface area contributed by atoms with Gasteiger partial charge in [0.15, 0.2) is 0 Å². The molecular formula is C20H14Br2NiO4. The number of carbonyl (C=O) groups is 2. The van der Waals surface area contributed by atoms with Gasteiger partial charge in [0.25, 0.3) is 0 Å². The first-order valence-electron chi connectivity index (χ1n) is 7.95. The molecule has 0 aliphatic heterocycles. The zero-order chi connectivity index (χ0) is 19.4. The molecule has 0 bridgehead atoms. The van der Waals surface area contributed by atoms with Crippen LogP contribution in [0.15, 0.2) is 54.6 Å². The number of aliphatic hydroxyl groups excluding tert-OH is 1. The van der Waals surface area contributed by atoms with Gasteiger partial charge in [0.05, 0.1) is 0 Å². The molecule has 3 aromatic rings. The van der Waals surface area contributed by atoms with Crippen LogP contribution in [0.25, 0.3) is 10.8 Å². The molecule has 27 heavy (non-hydrogen) atoms. The Balaban J connectivity index is 0.000000659. The summed E-state index contributed by atoms with van der Waals surface area (Å²) in [6.07, 6.45) is 0.603. The second-order valence-corrected chi connectivity index (χ2v) is 10.7. The third-order valence-corrected chi connectivity index (χ3v) is 4.25. The fourth-order valence-electron chi connectivity index (χ4n) is 3.07. The van der Waals surface area contributed by atoms with Crippen molar-refractivity contribution < 1.29 is 30.3 Å². The molecule has 0 unspecified atom stereocenters. The fraction of sp³-hybridized carbons (Fsp3) is 0.100. The fourth-order valence-corrected chi connectivity index (χ4v) is 3.07. The maximum absolute atomic E-state index is 12.0. The number of Topliss-reactive ketones (excluding diaryl/α,β-unsaturated/α-hetero) is 2. The van der Waals surface area contributed by atoms with Crippen molar-refractivity contribution in [1.82, 2.24) is 0 Å². The van der Waals surface area contributed by atoms with Gasteiger partial charge in [0.2, 0.25) is 11.6 Å². The topological polar surface area (TPSA) is 63.6 Å². The molecule has 0 amide bonds. The summed E-state index contributed by atoms with van der Waals surface area (Å²) >= 11 is 6.00. The monoisotopic (exact) mass is 534 g/mol. The van der Waals surface area contributed by atoms with Crippen LogP contribution in [0.5, 0.6) is 11.5 Å². The van der Waals surface area contributed by atoms with E-state index in [2.05, 4.69) is 28.5 Å². The molecule has 0 radical (unpaired) electrons. The number of benzene rings is 3. The van der Waals surface area contributed by atoms with E-state index in [1.54, 1.807) is 24.3 Å². The quantitative estimate of drug-likeness (QED) is 0.366. The van der Waals surface area contributed by atoms with Gasteiger partial charge in [0.1, 0.15) is 11.5 Å². The van der Waals surface area contributed by atoms with E-state index in [1.807, 2.05) is 30.3 Å². The van der Waals surface area contributed by atoms with E-state index in [0.717, 1.165) is 10.9 Å². The Morgan fingerprint density at radius 2 is 1.52 bits per heavy atom. The van der Waals surface area contributed by atoms with Crippen LogP contribution in [0.3, 0.4) is 0 Å². The second-order valence-electron chi connectivity index (χ2n) is 5.76. The van der Waals surface area contributed by atoms with Crippen LogP contribution in [0, 0.1) is 0 Å². The van der Waals surface area contributed by atoms with Crippen molar-refractivity contribution in [3.05, 3.63) is 71.3 Å². The number of carbonyl (C=O) groups excluding carboxylic acids is 2. The van der Waals surface area contributed by atoms with Gasteiger partial charge >= 0.3 is 39.3 Å². The van der Waals surface area contributed by atoms with E-state index < -0.39 is 11.6 Å². The number of ketones is 2. The summed E-state index contributed by atoms with van der Waals surface area (Å²) in [4.78, 5) is 24.1. The van der Waals surface area contributed by atoms with Crippen LogP contribution < -0.4 is 4.74 Å². The van der Waals surface area contributed by atoms with Crippen molar-refractivity contribution in [2.24, 2.45) is 0 Å². The van der Waals surface area contributed by atoms with E-state index in [9.17, 15) is 9.59 Å².